The lowest BCUT2D eigenvalue weighted by atomic mass is 10.0. The number of benzene rings is 1. The van der Waals surface area contributed by atoms with Crippen LogP contribution in [-0.2, 0) is 6.54 Å². The van der Waals surface area contributed by atoms with Gasteiger partial charge in [0.2, 0.25) is 0 Å². The van der Waals surface area contributed by atoms with Crippen LogP contribution >= 0.6 is 27.5 Å². The summed E-state index contributed by atoms with van der Waals surface area (Å²) in [4.78, 5) is 0. The largest absolute Gasteiger partial charge is 0.310 e. The average Bonchev–Trinajstić information content (AvgIpc) is 2.53. The molecule has 0 aliphatic heterocycles. The minimum Gasteiger partial charge on any atom is -0.310 e. The maximum absolute atomic E-state index is 5.95. The fourth-order valence-electron chi connectivity index (χ4n) is 2.61. The summed E-state index contributed by atoms with van der Waals surface area (Å²) in [5.74, 6) is 0.902. The Hall–Kier alpha value is -0.0500. The van der Waals surface area contributed by atoms with Gasteiger partial charge in [-0.1, -0.05) is 53.4 Å². The lowest BCUT2D eigenvalue weighted by Crippen LogP contribution is -2.28. The van der Waals surface area contributed by atoms with Crippen LogP contribution < -0.4 is 5.32 Å². The van der Waals surface area contributed by atoms with Gasteiger partial charge >= 0.3 is 0 Å². The van der Waals surface area contributed by atoms with Gasteiger partial charge in [0.25, 0.3) is 0 Å². The molecular formula is C15H21BrClN. The molecule has 0 bridgehead atoms. The molecule has 1 fully saturated rings. The monoisotopic (exact) mass is 329 g/mol. The molecule has 1 nitrogen and oxygen atoms in total. The van der Waals surface area contributed by atoms with Crippen LogP contribution in [0.3, 0.4) is 0 Å². The van der Waals surface area contributed by atoms with Crippen LogP contribution in [0.5, 0.6) is 0 Å². The van der Waals surface area contributed by atoms with Crippen molar-refractivity contribution in [3.63, 3.8) is 0 Å². The van der Waals surface area contributed by atoms with Gasteiger partial charge in [0.05, 0.1) is 0 Å². The van der Waals surface area contributed by atoms with Crippen molar-refractivity contribution in [3.8, 4) is 0 Å². The third-order valence-corrected chi connectivity index (χ3v) is 4.83. The van der Waals surface area contributed by atoms with Gasteiger partial charge in [-0.3, -0.25) is 0 Å². The van der Waals surface area contributed by atoms with E-state index in [-0.39, 0.29) is 0 Å². The Morgan fingerprint density at radius 2 is 2.11 bits per heavy atom. The second kappa shape index (κ2) is 6.93. The molecule has 1 aromatic carbocycles. The highest BCUT2D eigenvalue weighted by Crippen LogP contribution is 2.24. The van der Waals surface area contributed by atoms with E-state index in [1.54, 1.807) is 0 Å². The van der Waals surface area contributed by atoms with Gasteiger partial charge in [-0.25, -0.2) is 0 Å². The fourth-order valence-corrected chi connectivity index (χ4v) is 3.43. The highest BCUT2D eigenvalue weighted by atomic mass is 79.9. The molecule has 1 aliphatic carbocycles. The summed E-state index contributed by atoms with van der Waals surface area (Å²) in [6.07, 6.45) is 6.74. The Balaban J connectivity index is 1.87. The van der Waals surface area contributed by atoms with E-state index in [9.17, 15) is 0 Å². The summed E-state index contributed by atoms with van der Waals surface area (Å²) in [5.41, 5.74) is 1.29. The van der Waals surface area contributed by atoms with E-state index in [1.807, 2.05) is 12.1 Å². The fraction of sp³-hybridized carbons (Fsp3) is 0.600. The number of hydrogen-bond donors (Lipinski definition) is 1. The molecule has 18 heavy (non-hydrogen) atoms. The molecule has 2 atom stereocenters. The van der Waals surface area contributed by atoms with Crippen LogP contribution in [0.4, 0.5) is 0 Å². The molecule has 0 saturated heterocycles. The van der Waals surface area contributed by atoms with Gasteiger partial charge in [0, 0.05) is 22.1 Å². The molecule has 1 N–H and O–H groups in total. The van der Waals surface area contributed by atoms with Crippen molar-refractivity contribution < 1.29 is 0 Å². The number of halogens is 2. The number of rotatable bonds is 3. The van der Waals surface area contributed by atoms with Gasteiger partial charge in [-0.2, -0.15) is 0 Å². The molecule has 0 spiro atoms. The maximum Gasteiger partial charge on any atom is 0.0417 e. The standard InChI is InChI=1S/C15H21BrClN/c1-11-3-2-4-14(8-5-11)18-10-12-6-7-13(17)9-15(12)16/h6-7,9,11,14,18H,2-5,8,10H2,1H3. The number of hydrogen-bond acceptors (Lipinski definition) is 1. The van der Waals surface area contributed by atoms with E-state index in [4.69, 9.17) is 11.6 Å². The Kier molecular flexibility index (Phi) is 5.53. The van der Waals surface area contributed by atoms with Crippen molar-refractivity contribution in [2.45, 2.75) is 51.6 Å². The van der Waals surface area contributed by atoms with Gasteiger partial charge in [0.15, 0.2) is 0 Å². The molecule has 1 saturated carbocycles. The first-order valence-corrected chi connectivity index (χ1v) is 7.99. The van der Waals surface area contributed by atoms with Crippen molar-refractivity contribution in [2.24, 2.45) is 5.92 Å². The van der Waals surface area contributed by atoms with Gasteiger partial charge in [-0.15, -0.1) is 0 Å². The van der Waals surface area contributed by atoms with Crippen molar-refractivity contribution >= 4 is 27.5 Å². The summed E-state index contributed by atoms with van der Waals surface area (Å²) in [7, 11) is 0. The zero-order chi connectivity index (χ0) is 13.0. The van der Waals surface area contributed by atoms with Crippen LogP contribution in [0.15, 0.2) is 22.7 Å². The summed E-state index contributed by atoms with van der Waals surface area (Å²) in [6.45, 7) is 3.30. The van der Waals surface area contributed by atoms with E-state index < -0.39 is 0 Å². The summed E-state index contributed by atoms with van der Waals surface area (Å²) >= 11 is 9.53. The minimum atomic E-state index is 0.678. The second-order valence-electron chi connectivity index (χ2n) is 5.43. The lowest BCUT2D eigenvalue weighted by molar-refractivity contribution is 0.447. The normalized spacial score (nSPS) is 24.8. The van der Waals surface area contributed by atoms with Gasteiger partial charge in [-0.05, 0) is 42.9 Å². The second-order valence-corrected chi connectivity index (χ2v) is 6.72. The lowest BCUT2D eigenvalue weighted by Gasteiger charge is -2.17. The first-order valence-electron chi connectivity index (χ1n) is 6.82. The predicted molar refractivity (Wildman–Crippen MR) is 82.0 cm³/mol. The first kappa shape index (κ1) is 14.4. The quantitative estimate of drug-likeness (QED) is 0.755. The third-order valence-electron chi connectivity index (χ3n) is 3.85. The van der Waals surface area contributed by atoms with Crippen molar-refractivity contribution in [1.29, 1.82) is 0 Å². The highest BCUT2D eigenvalue weighted by Gasteiger charge is 2.15. The minimum absolute atomic E-state index is 0.678. The zero-order valence-electron chi connectivity index (χ0n) is 10.9. The van der Waals surface area contributed by atoms with Crippen LogP contribution in [0, 0.1) is 5.92 Å². The average molecular weight is 331 g/mol. The zero-order valence-corrected chi connectivity index (χ0v) is 13.2. The van der Waals surface area contributed by atoms with Crippen molar-refractivity contribution in [1.82, 2.24) is 5.32 Å². The SMILES string of the molecule is CC1CCCC(NCc2ccc(Cl)cc2Br)CC1. The van der Waals surface area contributed by atoms with Crippen LogP contribution in [0.1, 0.15) is 44.6 Å². The van der Waals surface area contributed by atoms with E-state index in [0.29, 0.717) is 6.04 Å². The Morgan fingerprint density at radius 1 is 1.28 bits per heavy atom. The summed E-state index contributed by atoms with van der Waals surface area (Å²) in [6, 6.07) is 6.70. The molecule has 0 heterocycles. The first-order chi connectivity index (χ1) is 8.65. The van der Waals surface area contributed by atoms with Gasteiger partial charge in [0.1, 0.15) is 0 Å². The molecule has 100 valence electrons. The molecule has 3 heteroatoms. The Morgan fingerprint density at radius 3 is 2.89 bits per heavy atom. The molecular weight excluding hydrogens is 310 g/mol. The maximum atomic E-state index is 5.95. The molecule has 2 rings (SSSR count). The third kappa shape index (κ3) is 4.25. The molecule has 0 amide bonds. The van der Waals surface area contributed by atoms with Gasteiger partial charge < -0.3 is 5.32 Å². The predicted octanol–water partition coefficient (Wildman–Crippen LogP) is 5.16. The van der Waals surface area contributed by atoms with Crippen molar-refractivity contribution in [3.05, 3.63) is 33.3 Å². The van der Waals surface area contributed by atoms with E-state index in [1.165, 1.54) is 37.7 Å². The Labute approximate surface area is 123 Å². The van der Waals surface area contributed by atoms with Crippen LogP contribution in [0.2, 0.25) is 5.02 Å². The van der Waals surface area contributed by atoms with Crippen molar-refractivity contribution in [2.75, 3.05) is 0 Å². The molecule has 0 radical (unpaired) electrons. The molecule has 1 aliphatic rings. The smallest absolute Gasteiger partial charge is 0.0417 e. The molecule has 2 unspecified atom stereocenters. The summed E-state index contributed by atoms with van der Waals surface area (Å²) in [5, 5.41) is 4.47. The van der Waals surface area contributed by atoms with Crippen LogP contribution in [0.25, 0.3) is 0 Å². The van der Waals surface area contributed by atoms with E-state index in [2.05, 4.69) is 34.2 Å². The topological polar surface area (TPSA) is 12.0 Å². The Bertz CT molecular complexity index is 394. The van der Waals surface area contributed by atoms with Crippen LogP contribution in [-0.4, -0.2) is 6.04 Å². The summed E-state index contributed by atoms with van der Waals surface area (Å²) < 4.78 is 1.10. The number of nitrogens with one attached hydrogen (secondary N) is 1. The highest BCUT2D eigenvalue weighted by molar-refractivity contribution is 9.10. The molecule has 0 aromatic heterocycles. The van der Waals surface area contributed by atoms with E-state index in [0.717, 1.165) is 22.0 Å². The van der Waals surface area contributed by atoms with E-state index >= 15 is 0 Å². The molecule has 1 aromatic rings.